The molecule has 0 saturated heterocycles. The number of carbonyl (C=O) groups excluding carboxylic acids is 2. The molecule has 1 aromatic carbocycles. The molecule has 2 rings (SSSR count). The van der Waals surface area contributed by atoms with Crippen LogP contribution in [0.1, 0.15) is 17.0 Å². The lowest BCUT2D eigenvalue weighted by atomic mass is 10.2. The van der Waals surface area contributed by atoms with Gasteiger partial charge in [-0.3, -0.25) is 14.3 Å². The van der Waals surface area contributed by atoms with E-state index >= 15 is 0 Å². The monoisotopic (exact) mass is 411 g/mol. The number of hydrogen-bond acceptors (Lipinski definition) is 4. The van der Waals surface area contributed by atoms with Gasteiger partial charge in [0.25, 0.3) is 0 Å². The quantitative estimate of drug-likeness (QED) is 0.715. The molecule has 7 nitrogen and oxygen atoms in total. The molecule has 27 heavy (non-hydrogen) atoms. The average Bonchev–Trinajstić information content (AvgIpc) is 2.84. The molecule has 9 heteroatoms. The maximum atomic E-state index is 12.1. The fraction of sp³-hybridized carbons (Fsp3) is 0.389. The van der Waals surface area contributed by atoms with Gasteiger partial charge >= 0.3 is 11.8 Å². The van der Waals surface area contributed by atoms with Gasteiger partial charge in [-0.05, 0) is 45.6 Å². The minimum Gasteiger partial charge on any atom is -0.347 e. The van der Waals surface area contributed by atoms with Gasteiger partial charge in [0.2, 0.25) is 0 Å². The van der Waals surface area contributed by atoms with Gasteiger partial charge in [-0.25, -0.2) is 0 Å². The number of hydrogen-bond donors (Lipinski definition) is 2. The minimum absolute atomic E-state index is 0.394. The van der Waals surface area contributed by atoms with Crippen molar-refractivity contribution in [3.63, 3.8) is 0 Å². The molecule has 2 aromatic rings. The summed E-state index contributed by atoms with van der Waals surface area (Å²) in [6, 6.07) is 5.26. The van der Waals surface area contributed by atoms with Crippen LogP contribution in [0, 0.1) is 13.8 Å². The largest absolute Gasteiger partial charge is 0.347 e. The van der Waals surface area contributed by atoms with Crippen LogP contribution in [0.25, 0.3) is 0 Å². The molecule has 0 aliphatic carbocycles. The number of nitrogens with one attached hydrogen (secondary N) is 2. The number of anilines is 1. The summed E-state index contributed by atoms with van der Waals surface area (Å²) in [5.41, 5.74) is 2.72. The number of aryl methyl sites for hydroxylation is 1. The zero-order valence-corrected chi connectivity index (χ0v) is 17.3. The van der Waals surface area contributed by atoms with Gasteiger partial charge in [-0.15, -0.1) is 0 Å². The predicted octanol–water partition coefficient (Wildman–Crippen LogP) is 2.47. The highest BCUT2D eigenvalue weighted by molar-refractivity contribution is 6.39. The Morgan fingerprint density at radius 2 is 1.89 bits per heavy atom. The number of rotatable bonds is 6. The van der Waals surface area contributed by atoms with E-state index in [0.29, 0.717) is 41.1 Å². The lowest BCUT2D eigenvalue weighted by molar-refractivity contribution is -0.136. The number of amides is 2. The molecule has 0 atom stereocenters. The first-order valence-electron chi connectivity index (χ1n) is 8.41. The Morgan fingerprint density at radius 3 is 2.52 bits per heavy atom. The highest BCUT2D eigenvalue weighted by Gasteiger charge is 2.19. The summed E-state index contributed by atoms with van der Waals surface area (Å²) in [6.07, 6.45) is 0. The molecule has 0 aliphatic rings. The van der Waals surface area contributed by atoms with Crippen LogP contribution in [0.3, 0.4) is 0 Å². The van der Waals surface area contributed by atoms with Crippen molar-refractivity contribution < 1.29 is 9.59 Å². The maximum Gasteiger partial charge on any atom is 0.313 e. The molecule has 0 unspecified atom stereocenters. The van der Waals surface area contributed by atoms with Crippen LogP contribution >= 0.6 is 23.2 Å². The molecule has 0 radical (unpaired) electrons. The topological polar surface area (TPSA) is 79.3 Å². The summed E-state index contributed by atoms with van der Waals surface area (Å²) in [7, 11) is 3.78. The number of likely N-dealkylation sites (N-methyl/N-ethyl adjacent to an activating group) is 1. The van der Waals surface area contributed by atoms with Gasteiger partial charge in [-0.2, -0.15) is 5.10 Å². The van der Waals surface area contributed by atoms with E-state index in [9.17, 15) is 9.59 Å². The summed E-state index contributed by atoms with van der Waals surface area (Å²) < 4.78 is 1.73. The lowest BCUT2D eigenvalue weighted by Gasteiger charge is -2.11. The number of nitrogens with zero attached hydrogens (tertiary/aromatic N) is 3. The Hall–Kier alpha value is -2.09. The van der Waals surface area contributed by atoms with Crippen molar-refractivity contribution in [2.45, 2.75) is 20.4 Å². The van der Waals surface area contributed by atoms with Gasteiger partial charge in [-0.1, -0.05) is 29.3 Å². The zero-order valence-electron chi connectivity index (χ0n) is 15.8. The highest BCUT2D eigenvalue weighted by Crippen LogP contribution is 2.24. The smallest absolute Gasteiger partial charge is 0.313 e. The first-order chi connectivity index (χ1) is 12.7. The molecule has 0 bridgehead atoms. The van der Waals surface area contributed by atoms with Crippen molar-refractivity contribution >= 4 is 40.7 Å². The van der Waals surface area contributed by atoms with Crippen LogP contribution in [-0.4, -0.2) is 53.7 Å². The van der Waals surface area contributed by atoms with E-state index in [1.807, 2.05) is 32.0 Å². The second kappa shape index (κ2) is 9.21. The summed E-state index contributed by atoms with van der Waals surface area (Å²) in [5.74, 6) is -1.40. The van der Waals surface area contributed by atoms with Crippen LogP contribution in [0.2, 0.25) is 10.0 Å². The Bertz CT molecular complexity index is 849. The van der Waals surface area contributed by atoms with Crippen LogP contribution in [0.15, 0.2) is 18.2 Å². The van der Waals surface area contributed by atoms with Gasteiger partial charge in [0.15, 0.2) is 0 Å². The fourth-order valence-electron chi connectivity index (χ4n) is 2.49. The molecule has 0 spiro atoms. The normalized spacial score (nSPS) is 10.9. The molecule has 2 N–H and O–H groups in total. The molecule has 146 valence electrons. The van der Waals surface area contributed by atoms with Crippen molar-refractivity contribution in [1.82, 2.24) is 20.0 Å². The van der Waals surface area contributed by atoms with Crippen molar-refractivity contribution in [2.24, 2.45) is 0 Å². The third kappa shape index (κ3) is 5.69. The fourth-order valence-corrected chi connectivity index (χ4v) is 2.95. The molecule has 0 aliphatic heterocycles. The highest BCUT2D eigenvalue weighted by atomic mass is 35.5. The Balaban J connectivity index is 2.08. The van der Waals surface area contributed by atoms with Crippen molar-refractivity contribution in [2.75, 3.05) is 32.5 Å². The first kappa shape index (κ1) is 21.2. The lowest BCUT2D eigenvalue weighted by Crippen LogP contribution is -2.38. The van der Waals surface area contributed by atoms with Crippen LogP contribution in [0.5, 0.6) is 0 Å². The Morgan fingerprint density at radius 1 is 1.19 bits per heavy atom. The summed E-state index contributed by atoms with van der Waals surface area (Å²) in [4.78, 5) is 26.0. The van der Waals surface area contributed by atoms with Crippen molar-refractivity contribution in [3.05, 3.63) is 45.2 Å². The zero-order chi connectivity index (χ0) is 20.1. The maximum absolute atomic E-state index is 12.1. The standard InChI is InChI=1S/C18H23Cl2N5O2/c1-11-16(22-18(27)17(26)21-7-8-24(3)4)12(2)25(23-11)10-13-5-6-14(19)9-15(13)20/h5-6,9H,7-8,10H2,1-4H3,(H,21,26)(H,22,27). The number of halogens is 2. The second-order valence-electron chi connectivity index (χ2n) is 6.45. The Kier molecular flexibility index (Phi) is 7.24. The van der Waals surface area contributed by atoms with E-state index in [1.165, 1.54) is 0 Å². The Labute approximate surface area is 168 Å². The summed E-state index contributed by atoms with van der Waals surface area (Å²) in [5, 5.41) is 10.8. The van der Waals surface area contributed by atoms with E-state index < -0.39 is 11.8 Å². The molecule has 0 saturated carbocycles. The first-order valence-corrected chi connectivity index (χ1v) is 9.16. The molecule has 0 fully saturated rings. The number of carbonyl (C=O) groups is 2. The average molecular weight is 412 g/mol. The number of benzene rings is 1. The molecule has 1 aromatic heterocycles. The third-order valence-electron chi connectivity index (χ3n) is 4.01. The van der Waals surface area contributed by atoms with Gasteiger partial charge < -0.3 is 15.5 Å². The molecule has 1 heterocycles. The summed E-state index contributed by atoms with van der Waals surface area (Å²) >= 11 is 12.1. The molecular formula is C18H23Cl2N5O2. The van der Waals surface area contributed by atoms with Gasteiger partial charge in [0.1, 0.15) is 0 Å². The second-order valence-corrected chi connectivity index (χ2v) is 7.30. The van der Waals surface area contributed by atoms with E-state index in [2.05, 4.69) is 15.7 Å². The summed E-state index contributed by atoms with van der Waals surface area (Å²) in [6.45, 7) is 5.06. The van der Waals surface area contributed by atoms with Gasteiger partial charge in [0.05, 0.1) is 23.6 Å². The van der Waals surface area contributed by atoms with E-state index in [1.54, 1.807) is 23.7 Å². The SMILES string of the molecule is Cc1nn(Cc2ccc(Cl)cc2Cl)c(C)c1NC(=O)C(=O)NCCN(C)C. The van der Waals surface area contributed by atoms with E-state index in [4.69, 9.17) is 23.2 Å². The van der Waals surface area contributed by atoms with E-state index in [0.717, 1.165) is 11.3 Å². The molecule has 2 amide bonds. The minimum atomic E-state index is -0.718. The van der Waals surface area contributed by atoms with Crippen LogP contribution in [-0.2, 0) is 16.1 Å². The third-order valence-corrected chi connectivity index (χ3v) is 4.59. The predicted molar refractivity (Wildman–Crippen MR) is 107 cm³/mol. The molecular weight excluding hydrogens is 389 g/mol. The van der Waals surface area contributed by atoms with Crippen molar-refractivity contribution in [1.29, 1.82) is 0 Å². The van der Waals surface area contributed by atoms with Gasteiger partial charge in [0, 0.05) is 23.1 Å². The van der Waals surface area contributed by atoms with Crippen molar-refractivity contribution in [3.8, 4) is 0 Å². The van der Waals surface area contributed by atoms with Crippen LogP contribution < -0.4 is 10.6 Å². The number of aromatic nitrogens is 2. The van der Waals surface area contributed by atoms with Crippen LogP contribution in [0.4, 0.5) is 5.69 Å². The van der Waals surface area contributed by atoms with E-state index in [-0.39, 0.29) is 0 Å².